The molecule has 10 nitrogen and oxygen atoms in total. The van der Waals surface area contributed by atoms with E-state index in [2.05, 4.69) is 30.8 Å². The predicted molar refractivity (Wildman–Crippen MR) is 87.2 cm³/mol. The van der Waals surface area contributed by atoms with E-state index in [4.69, 9.17) is 15.2 Å². The maximum absolute atomic E-state index is 11.8. The Morgan fingerprint density at radius 1 is 1.29 bits per heavy atom. The van der Waals surface area contributed by atoms with Crippen LogP contribution in [0.15, 0.2) is 27.9 Å². The first kappa shape index (κ1) is 17.1. The molecular formula is C14H18N6O4. The molecule has 0 spiro atoms. The van der Waals surface area contributed by atoms with Crippen molar-refractivity contribution in [2.75, 3.05) is 25.3 Å². The Kier molecular flexibility index (Phi) is 5.55. The molecule has 0 fully saturated rings. The fourth-order valence-electron chi connectivity index (χ4n) is 1.90. The zero-order chi connectivity index (χ0) is 17.5. The number of nitrogens with one attached hydrogen (secondary N) is 2. The highest BCUT2D eigenvalue weighted by molar-refractivity contribution is 6.02. The number of nitrogens with two attached hydrogens (primary N) is 1. The van der Waals surface area contributed by atoms with Crippen molar-refractivity contribution in [3.63, 3.8) is 0 Å². The van der Waals surface area contributed by atoms with Gasteiger partial charge in [-0.15, -0.1) is 0 Å². The second kappa shape index (κ2) is 7.81. The second-order valence-corrected chi connectivity index (χ2v) is 4.55. The van der Waals surface area contributed by atoms with E-state index < -0.39 is 6.03 Å². The molecular weight excluding hydrogens is 316 g/mol. The van der Waals surface area contributed by atoms with Crippen LogP contribution >= 0.6 is 0 Å². The largest absolute Gasteiger partial charge is 0.493 e. The van der Waals surface area contributed by atoms with Gasteiger partial charge >= 0.3 is 6.03 Å². The highest BCUT2D eigenvalue weighted by atomic mass is 16.6. The van der Waals surface area contributed by atoms with E-state index in [1.54, 1.807) is 26.4 Å². The van der Waals surface area contributed by atoms with Crippen molar-refractivity contribution in [1.29, 1.82) is 0 Å². The first-order chi connectivity index (χ1) is 11.6. The monoisotopic (exact) mass is 334 g/mol. The van der Waals surface area contributed by atoms with Crippen LogP contribution in [0, 0.1) is 0 Å². The van der Waals surface area contributed by atoms with Gasteiger partial charge in [-0.1, -0.05) is 6.92 Å². The van der Waals surface area contributed by atoms with Crippen molar-refractivity contribution in [2.45, 2.75) is 13.3 Å². The topological polar surface area (TPSA) is 137 Å². The smallest absolute Gasteiger partial charge is 0.340 e. The van der Waals surface area contributed by atoms with E-state index in [1.165, 1.54) is 0 Å². The van der Waals surface area contributed by atoms with Gasteiger partial charge < -0.3 is 15.2 Å². The van der Waals surface area contributed by atoms with Crippen molar-refractivity contribution < 1.29 is 18.9 Å². The lowest BCUT2D eigenvalue weighted by Gasteiger charge is -2.10. The van der Waals surface area contributed by atoms with E-state index in [9.17, 15) is 4.79 Å². The molecule has 0 saturated heterocycles. The maximum Gasteiger partial charge on any atom is 0.340 e. The fourth-order valence-corrected chi connectivity index (χ4v) is 1.90. The number of urea groups is 1. The van der Waals surface area contributed by atoms with E-state index in [0.29, 0.717) is 23.6 Å². The molecule has 0 saturated carbocycles. The second-order valence-electron chi connectivity index (χ2n) is 4.55. The molecule has 2 rings (SSSR count). The SMILES string of the molecule is CCC(=NNC(=O)Nc1nonc1N)c1ccc(OC)c(OC)c1. The Morgan fingerprint density at radius 2 is 2.04 bits per heavy atom. The van der Waals surface area contributed by atoms with Gasteiger partial charge in [-0.3, -0.25) is 5.32 Å². The van der Waals surface area contributed by atoms with E-state index in [-0.39, 0.29) is 11.6 Å². The summed E-state index contributed by atoms with van der Waals surface area (Å²) >= 11 is 0. The minimum absolute atomic E-state index is 0.0202. The molecule has 2 aromatic rings. The standard InChI is InChI=1S/C14H18N6O4/c1-4-9(8-5-6-10(22-2)11(7-8)23-3)17-18-14(21)16-13-12(15)19-24-20-13/h5-7H,4H2,1-3H3,(H2,15,19)(H2,16,18,20,21). The molecule has 0 atom stereocenters. The summed E-state index contributed by atoms with van der Waals surface area (Å²) in [6, 6.07) is 4.74. The van der Waals surface area contributed by atoms with Gasteiger partial charge in [-0.05, 0) is 34.9 Å². The number of aromatic nitrogens is 2. The molecule has 0 unspecified atom stereocenters. The van der Waals surface area contributed by atoms with Crippen molar-refractivity contribution in [1.82, 2.24) is 15.7 Å². The fraction of sp³-hybridized carbons (Fsp3) is 0.286. The molecule has 1 aromatic heterocycles. The van der Waals surface area contributed by atoms with Gasteiger partial charge in [0, 0.05) is 5.56 Å². The minimum Gasteiger partial charge on any atom is -0.493 e. The molecule has 0 aliphatic rings. The number of carbonyl (C=O) groups is 1. The van der Waals surface area contributed by atoms with Crippen molar-refractivity contribution in [3.05, 3.63) is 23.8 Å². The Labute approximate surface area is 138 Å². The average molecular weight is 334 g/mol. The zero-order valence-corrected chi connectivity index (χ0v) is 13.5. The third-order valence-electron chi connectivity index (χ3n) is 3.09. The summed E-state index contributed by atoms with van der Waals surface area (Å²) in [6.07, 6.45) is 0.587. The number of benzene rings is 1. The number of anilines is 2. The van der Waals surface area contributed by atoms with Crippen LogP contribution in [0.2, 0.25) is 0 Å². The summed E-state index contributed by atoms with van der Waals surface area (Å²) in [5.74, 6) is 1.18. The van der Waals surface area contributed by atoms with Gasteiger partial charge in [-0.25, -0.2) is 14.8 Å². The highest BCUT2D eigenvalue weighted by Crippen LogP contribution is 2.28. The lowest BCUT2D eigenvalue weighted by atomic mass is 10.1. The number of ether oxygens (including phenoxy) is 2. The van der Waals surface area contributed by atoms with Crippen molar-refractivity contribution in [2.24, 2.45) is 5.10 Å². The van der Waals surface area contributed by atoms with Gasteiger partial charge in [0.15, 0.2) is 11.5 Å². The van der Waals surface area contributed by atoms with Gasteiger partial charge in [0.1, 0.15) is 0 Å². The Bertz CT molecular complexity index is 743. The number of methoxy groups -OCH3 is 2. The molecule has 0 bridgehead atoms. The molecule has 10 heteroatoms. The number of amides is 2. The van der Waals surface area contributed by atoms with Crippen LogP contribution in [0.3, 0.4) is 0 Å². The van der Waals surface area contributed by atoms with Crippen LogP contribution in [0.4, 0.5) is 16.4 Å². The van der Waals surface area contributed by atoms with Crippen LogP contribution in [-0.4, -0.2) is 36.3 Å². The maximum atomic E-state index is 11.8. The summed E-state index contributed by atoms with van der Waals surface area (Å²) in [5.41, 5.74) is 9.25. The lowest BCUT2D eigenvalue weighted by Crippen LogP contribution is -2.26. The number of nitrogen functional groups attached to an aromatic ring is 1. The molecule has 0 aliphatic carbocycles. The predicted octanol–water partition coefficient (Wildman–Crippen LogP) is 1.60. The zero-order valence-electron chi connectivity index (χ0n) is 13.5. The molecule has 1 aromatic carbocycles. The average Bonchev–Trinajstić information content (AvgIpc) is 2.99. The van der Waals surface area contributed by atoms with E-state index in [0.717, 1.165) is 5.56 Å². The van der Waals surface area contributed by atoms with Crippen LogP contribution < -0.4 is 25.9 Å². The number of hydrogen-bond acceptors (Lipinski definition) is 8. The molecule has 128 valence electrons. The Morgan fingerprint density at radius 3 is 2.62 bits per heavy atom. The van der Waals surface area contributed by atoms with E-state index >= 15 is 0 Å². The number of nitrogens with zero attached hydrogens (tertiary/aromatic N) is 3. The van der Waals surface area contributed by atoms with Gasteiger partial charge in [0.05, 0.1) is 19.9 Å². The van der Waals surface area contributed by atoms with Crippen molar-refractivity contribution in [3.8, 4) is 11.5 Å². The summed E-state index contributed by atoms with van der Waals surface area (Å²) in [7, 11) is 3.11. The summed E-state index contributed by atoms with van der Waals surface area (Å²) in [6.45, 7) is 1.91. The molecule has 4 N–H and O–H groups in total. The number of rotatable bonds is 6. The van der Waals surface area contributed by atoms with Gasteiger partial charge in [0.2, 0.25) is 11.6 Å². The van der Waals surface area contributed by atoms with Gasteiger partial charge in [-0.2, -0.15) is 5.10 Å². The highest BCUT2D eigenvalue weighted by Gasteiger charge is 2.11. The minimum atomic E-state index is -0.621. The molecule has 24 heavy (non-hydrogen) atoms. The third-order valence-corrected chi connectivity index (χ3v) is 3.09. The Hall–Kier alpha value is -3.30. The third kappa shape index (κ3) is 3.91. The normalized spacial score (nSPS) is 11.0. The van der Waals surface area contributed by atoms with Crippen LogP contribution in [0.5, 0.6) is 11.5 Å². The molecule has 1 heterocycles. The number of carbonyl (C=O) groups excluding carboxylic acids is 1. The molecule has 0 radical (unpaired) electrons. The Balaban J connectivity index is 2.11. The lowest BCUT2D eigenvalue weighted by molar-refractivity contribution is 0.252. The summed E-state index contributed by atoms with van der Waals surface area (Å²) < 4.78 is 14.8. The first-order valence-corrected chi connectivity index (χ1v) is 7.03. The van der Waals surface area contributed by atoms with Crippen molar-refractivity contribution >= 4 is 23.4 Å². The summed E-state index contributed by atoms with van der Waals surface area (Å²) in [4.78, 5) is 11.8. The quantitative estimate of drug-likeness (QED) is 0.539. The summed E-state index contributed by atoms with van der Waals surface area (Å²) in [5, 5.41) is 13.3. The van der Waals surface area contributed by atoms with Gasteiger partial charge in [0.25, 0.3) is 0 Å². The first-order valence-electron chi connectivity index (χ1n) is 7.03. The van der Waals surface area contributed by atoms with E-state index in [1.807, 2.05) is 13.0 Å². The number of hydrazone groups is 1. The number of hydrogen-bond donors (Lipinski definition) is 3. The van der Waals surface area contributed by atoms with Crippen LogP contribution in [-0.2, 0) is 0 Å². The van der Waals surface area contributed by atoms with Crippen LogP contribution in [0.25, 0.3) is 0 Å². The molecule has 2 amide bonds. The van der Waals surface area contributed by atoms with Crippen LogP contribution in [0.1, 0.15) is 18.9 Å². The molecule has 0 aliphatic heterocycles.